The van der Waals surface area contributed by atoms with Crippen LogP contribution in [0.4, 0.5) is 0 Å². The van der Waals surface area contributed by atoms with E-state index < -0.39 is 18.0 Å². The van der Waals surface area contributed by atoms with Crippen LogP contribution in [-0.2, 0) is 16.1 Å². The quantitative estimate of drug-likeness (QED) is 0.686. The van der Waals surface area contributed by atoms with Crippen LogP contribution in [0.1, 0.15) is 12.0 Å². The fourth-order valence-electron chi connectivity index (χ4n) is 2.73. The maximum atomic E-state index is 12.0. The van der Waals surface area contributed by atoms with Gasteiger partial charge >= 0.3 is 5.97 Å². The van der Waals surface area contributed by atoms with Crippen molar-refractivity contribution in [3.05, 3.63) is 29.8 Å². The number of nitrogens with one attached hydrogen (secondary N) is 1. The molecule has 1 saturated heterocycles. The van der Waals surface area contributed by atoms with E-state index in [4.69, 9.17) is 9.84 Å². The molecule has 7 nitrogen and oxygen atoms in total. The van der Waals surface area contributed by atoms with Gasteiger partial charge in [-0.2, -0.15) is 0 Å². The van der Waals surface area contributed by atoms with Gasteiger partial charge < -0.3 is 20.3 Å². The molecule has 1 aromatic carbocycles. The number of likely N-dealkylation sites (tertiary alicyclic amines) is 1. The Morgan fingerprint density at radius 3 is 2.78 bits per heavy atom. The second-order valence-electron chi connectivity index (χ2n) is 5.62. The molecule has 0 spiro atoms. The number of piperidine rings is 1. The van der Waals surface area contributed by atoms with Crippen LogP contribution < -0.4 is 10.1 Å². The molecule has 2 rings (SSSR count). The zero-order chi connectivity index (χ0) is 16.8. The third kappa shape index (κ3) is 4.67. The number of para-hydroxylation sites is 1. The number of amides is 1. The Morgan fingerprint density at radius 1 is 1.39 bits per heavy atom. The van der Waals surface area contributed by atoms with Crippen molar-refractivity contribution in [1.29, 1.82) is 0 Å². The number of rotatable bonds is 6. The van der Waals surface area contributed by atoms with E-state index in [-0.39, 0.29) is 19.0 Å². The molecule has 126 valence electrons. The minimum Gasteiger partial charge on any atom is -0.496 e. The highest BCUT2D eigenvalue weighted by Crippen LogP contribution is 2.18. The number of aliphatic hydroxyl groups excluding tert-OH is 1. The van der Waals surface area contributed by atoms with Crippen LogP contribution in [0.2, 0.25) is 0 Å². The van der Waals surface area contributed by atoms with E-state index >= 15 is 0 Å². The normalized spacial score (nSPS) is 21.7. The molecule has 0 bridgehead atoms. The Bertz CT molecular complexity index is 563. The first-order valence-corrected chi connectivity index (χ1v) is 7.53. The SMILES string of the molecule is COc1ccccc1CNC(=O)CN1CC[C@H](C(=O)O)[C@H](O)C1. The van der Waals surface area contributed by atoms with Crippen LogP contribution in [0.5, 0.6) is 5.75 Å². The largest absolute Gasteiger partial charge is 0.496 e. The summed E-state index contributed by atoms with van der Waals surface area (Å²) in [4.78, 5) is 24.7. The van der Waals surface area contributed by atoms with Crippen molar-refractivity contribution in [2.24, 2.45) is 5.92 Å². The van der Waals surface area contributed by atoms with Crippen molar-refractivity contribution in [1.82, 2.24) is 10.2 Å². The number of carboxylic acid groups (broad SMARTS) is 1. The highest BCUT2D eigenvalue weighted by Gasteiger charge is 2.33. The van der Waals surface area contributed by atoms with Crippen molar-refractivity contribution < 1.29 is 24.5 Å². The summed E-state index contributed by atoms with van der Waals surface area (Å²) in [6, 6.07) is 7.44. The molecular formula is C16H22N2O5. The maximum absolute atomic E-state index is 12.0. The fourth-order valence-corrected chi connectivity index (χ4v) is 2.73. The number of nitrogens with zero attached hydrogens (tertiary/aromatic N) is 1. The first-order chi connectivity index (χ1) is 11.0. The number of carbonyl (C=O) groups excluding carboxylic acids is 1. The fraction of sp³-hybridized carbons (Fsp3) is 0.500. The molecule has 23 heavy (non-hydrogen) atoms. The molecule has 0 aromatic heterocycles. The second kappa shape index (κ2) is 7.94. The van der Waals surface area contributed by atoms with Crippen LogP contribution in [0, 0.1) is 5.92 Å². The molecular weight excluding hydrogens is 300 g/mol. The zero-order valence-corrected chi connectivity index (χ0v) is 13.1. The molecule has 3 N–H and O–H groups in total. The number of β-amino-alcohol motifs (C(OH)–C–C–N with tert-alkyl or cyclic N) is 1. The van der Waals surface area contributed by atoms with E-state index in [0.29, 0.717) is 25.3 Å². The summed E-state index contributed by atoms with van der Waals surface area (Å²) < 4.78 is 5.23. The Balaban J connectivity index is 1.80. The van der Waals surface area contributed by atoms with Crippen LogP contribution in [0.25, 0.3) is 0 Å². The maximum Gasteiger partial charge on any atom is 0.309 e. The van der Waals surface area contributed by atoms with Gasteiger partial charge in [-0.25, -0.2) is 0 Å². The lowest BCUT2D eigenvalue weighted by Gasteiger charge is -2.33. The van der Waals surface area contributed by atoms with E-state index in [1.54, 1.807) is 12.0 Å². The first-order valence-electron chi connectivity index (χ1n) is 7.53. The number of ether oxygens (including phenoxy) is 1. The van der Waals surface area contributed by atoms with Gasteiger partial charge in [-0.05, 0) is 19.0 Å². The average Bonchev–Trinajstić information content (AvgIpc) is 2.53. The van der Waals surface area contributed by atoms with Crippen LogP contribution in [0.3, 0.4) is 0 Å². The summed E-state index contributed by atoms with van der Waals surface area (Å²) >= 11 is 0. The second-order valence-corrected chi connectivity index (χ2v) is 5.62. The van der Waals surface area contributed by atoms with Crippen molar-refractivity contribution in [2.75, 3.05) is 26.7 Å². The van der Waals surface area contributed by atoms with Crippen molar-refractivity contribution in [3.8, 4) is 5.75 Å². The van der Waals surface area contributed by atoms with Crippen molar-refractivity contribution in [3.63, 3.8) is 0 Å². The highest BCUT2D eigenvalue weighted by atomic mass is 16.5. The smallest absolute Gasteiger partial charge is 0.309 e. The molecule has 0 aliphatic carbocycles. The molecule has 1 aliphatic rings. The van der Waals surface area contributed by atoms with Crippen LogP contribution >= 0.6 is 0 Å². The Labute approximate surface area is 134 Å². The molecule has 1 amide bonds. The third-order valence-electron chi connectivity index (χ3n) is 4.02. The summed E-state index contributed by atoms with van der Waals surface area (Å²) in [7, 11) is 1.58. The summed E-state index contributed by atoms with van der Waals surface area (Å²) in [6.45, 7) is 1.17. The van der Waals surface area contributed by atoms with Crippen LogP contribution in [0.15, 0.2) is 24.3 Å². The minimum absolute atomic E-state index is 0.137. The Morgan fingerprint density at radius 2 is 2.13 bits per heavy atom. The van der Waals surface area contributed by atoms with Gasteiger partial charge in [0.2, 0.25) is 5.91 Å². The van der Waals surface area contributed by atoms with Gasteiger partial charge in [0.1, 0.15) is 5.75 Å². The van der Waals surface area contributed by atoms with Crippen LogP contribution in [-0.4, -0.2) is 59.8 Å². The topological polar surface area (TPSA) is 99.1 Å². The number of carboxylic acids is 1. The van der Waals surface area contributed by atoms with Crippen molar-refractivity contribution >= 4 is 11.9 Å². The lowest BCUT2D eigenvalue weighted by atomic mass is 9.94. The Hall–Kier alpha value is -2.12. The molecule has 1 fully saturated rings. The van der Waals surface area contributed by atoms with Gasteiger partial charge in [0, 0.05) is 18.7 Å². The van der Waals surface area contributed by atoms with E-state index in [0.717, 1.165) is 5.56 Å². The predicted molar refractivity (Wildman–Crippen MR) is 83.0 cm³/mol. The monoisotopic (exact) mass is 322 g/mol. The minimum atomic E-state index is -0.988. The molecule has 1 heterocycles. The first kappa shape index (κ1) is 17.2. The van der Waals surface area contributed by atoms with E-state index in [1.165, 1.54) is 0 Å². The molecule has 0 unspecified atom stereocenters. The van der Waals surface area contributed by atoms with Crippen molar-refractivity contribution in [2.45, 2.75) is 19.1 Å². The molecule has 7 heteroatoms. The summed E-state index contributed by atoms with van der Waals surface area (Å²) in [5, 5.41) is 21.6. The number of benzene rings is 1. The average molecular weight is 322 g/mol. The number of carbonyl (C=O) groups is 2. The van der Waals surface area contributed by atoms with E-state index in [9.17, 15) is 14.7 Å². The molecule has 0 radical (unpaired) electrons. The number of methoxy groups -OCH3 is 1. The summed E-state index contributed by atoms with van der Waals surface area (Å²) in [5.74, 6) is -1.19. The Kier molecular flexibility index (Phi) is 5.95. The molecule has 1 aromatic rings. The third-order valence-corrected chi connectivity index (χ3v) is 4.02. The molecule has 0 saturated carbocycles. The zero-order valence-electron chi connectivity index (χ0n) is 13.1. The lowest BCUT2D eigenvalue weighted by molar-refractivity contribution is -0.148. The van der Waals surface area contributed by atoms with Gasteiger partial charge in [-0.1, -0.05) is 18.2 Å². The number of aliphatic carboxylic acids is 1. The summed E-state index contributed by atoms with van der Waals surface area (Å²) in [5.41, 5.74) is 0.882. The molecule has 2 atom stereocenters. The standard InChI is InChI=1S/C16H22N2O5/c1-23-14-5-3-2-4-11(14)8-17-15(20)10-18-7-6-12(16(21)22)13(19)9-18/h2-5,12-13,19H,6-10H2,1H3,(H,17,20)(H,21,22)/t12-,13+/m0/s1. The van der Waals surface area contributed by atoms with Gasteiger partial charge in [-0.3, -0.25) is 14.5 Å². The number of hydrogen-bond donors (Lipinski definition) is 3. The van der Waals surface area contributed by atoms with E-state index in [1.807, 2.05) is 24.3 Å². The molecule has 1 aliphatic heterocycles. The van der Waals surface area contributed by atoms with Gasteiger partial charge in [0.15, 0.2) is 0 Å². The van der Waals surface area contributed by atoms with E-state index in [2.05, 4.69) is 5.32 Å². The lowest BCUT2D eigenvalue weighted by Crippen LogP contribution is -2.49. The van der Waals surface area contributed by atoms with Gasteiger partial charge in [-0.15, -0.1) is 0 Å². The van der Waals surface area contributed by atoms with Gasteiger partial charge in [0.25, 0.3) is 0 Å². The summed E-state index contributed by atoms with van der Waals surface area (Å²) in [6.07, 6.45) is -0.598. The van der Waals surface area contributed by atoms with Gasteiger partial charge in [0.05, 0.1) is 25.7 Å². The number of aliphatic hydroxyl groups is 1. The highest BCUT2D eigenvalue weighted by molar-refractivity contribution is 5.78. The number of hydrogen-bond acceptors (Lipinski definition) is 5. The predicted octanol–water partition coefficient (Wildman–Crippen LogP) is 0.0788.